The van der Waals surface area contributed by atoms with E-state index < -0.39 is 0 Å². The molecule has 0 atom stereocenters. The molecule has 0 saturated heterocycles. The summed E-state index contributed by atoms with van der Waals surface area (Å²) < 4.78 is 0. The molecule has 0 fully saturated rings. The van der Waals surface area contributed by atoms with E-state index in [1.807, 2.05) is 60.7 Å². The fourth-order valence-electron chi connectivity index (χ4n) is 8.54. The molecule has 0 amide bonds. The van der Waals surface area contributed by atoms with Crippen LogP contribution >= 0.6 is 0 Å². The van der Waals surface area contributed by atoms with Crippen LogP contribution in [0.4, 0.5) is 5.69 Å². The van der Waals surface area contributed by atoms with E-state index in [9.17, 15) is 0 Å². The van der Waals surface area contributed by atoms with Crippen molar-refractivity contribution in [1.82, 2.24) is 15.0 Å². The lowest BCUT2D eigenvalue weighted by molar-refractivity contribution is 1.30. The predicted molar refractivity (Wildman–Crippen MR) is 233 cm³/mol. The average Bonchev–Trinajstić information content (AvgIpc) is 3.28. The molecule has 56 heavy (non-hydrogen) atoms. The van der Waals surface area contributed by atoms with Crippen LogP contribution < -0.4 is 0 Å². The van der Waals surface area contributed by atoms with Crippen molar-refractivity contribution < 1.29 is 0 Å². The minimum Gasteiger partial charge on any atom is -0.248 e. The first kappa shape index (κ1) is 31.8. The number of pyridine rings is 1. The topological polar surface area (TPSA) is 43.0 Å². The molecule has 0 aliphatic rings. The quantitative estimate of drug-likeness (QED) is 0.135. The SMILES string of the molecule is [C-]#[N+]c1cc2nc(-c3ccccc3)c(-c3ccccc3)nc2c2c1c(-c1ccccc1-c1ccc3c4ccccc4c4ccccc4c3c1)nc1ccccc12. The summed E-state index contributed by atoms with van der Waals surface area (Å²) in [5.41, 5.74) is 10.1. The van der Waals surface area contributed by atoms with Crippen molar-refractivity contribution in [3.05, 3.63) is 193 Å². The molecule has 11 rings (SSSR count). The van der Waals surface area contributed by atoms with E-state index in [4.69, 9.17) is 21.5 Å². The van der Waals surface area contributed by atoms with Gasteiger partial charge in [0.2, 0.25) is 0 Å². The molecule has 9 aromatic carbocycles. The smallest absolute Gasteiger partial charge is 0.199 e. The highest BCUT2D eigenvalue weighted by Crippen LogP contribution is 2.46. The summed E-state index contributed by atoms with van der Waals surface area (Å²) in [6.45, 7) is 8.56. The molecule has 0 unspecified atom stereocenters. The van der Waals surface area contributed by atoms with Crippen molar-refractivity contribution in [1.29, 1.82) is 0 Å². The first-order valence-corrected chi connectivity index (χ1v) is 18.7. The minimum absolute atomic E-state index is 0.493. The van der Waals surface area contributed by atoms with Gasteiger partial charge in [-0.25, -0.2) is 19.8 Å². The average molecular weight is 711 g/mol. The molecule has 0 spiro atoms. The normalized spacial score (nSPS) is 11.6. The van der Waals surface area contributed by atoms with Crippen molar-refractivity contribution in [3.63, 3.8) is 0 Å². The van der Waals surface area contributed by atoms with E-state index in [1.165, 1.54) is 32.3 Å². The third kappa shape index (κ3) is 4.89. The molecule has 4 heteroatoms. The van der Waals surface area contributed by atoms with Gasteiger partial charge in [0, 0.05) is 32.8 Å². The first-order valence-electron chi connectivity index (χ1n) is 18.7. The second-order valence-electron chi connectivity index (χ2n) is 14.2. The van der Waals surface area contributed by atoms with Gasteiger partial charge < -0.3 is 0 Å². The zero-order chi connectivity index (χ0) is 37.2. The Kier molecular flexibility index (Phi) is 7.20. The maximum Gasteiger partial charge on any atom is 0.199 e. The summed E-state index contributed by atoms with van der Waals surface area (Å²) in [7, 11) is 0. The van der Waals surface area contributed by atoms with Crippen LogP contribution in [0.25, 0.3) is 115 Å². The Bertz CT molecular complexity index is 3390. The van der Waals surface area contributed by atoms with E-state index >= 15 is 0 Å². The highest BCUT2D eigenvalue weighted by molar-refractivity contribution is 6.27. The number of benzene rings is 9. The van der Waals surface area contributed by atoms with Crippen LogP contribution in [-0.2, 0) is 0 Å². The standard InChI is InChI=1S/C52H30N4/c1-53-45-31-46-52(56-50(33-18-6-3-7-19-33)49(55-46)32-16-4-2-5-17-32)47-42-26-14-15-27-44(42)54-51(48(45)47)41-25-13-8-20-35(41)34-28-29-40-38-23-10-9-21-36(38)37-22-11-12-24-39(37)43(40)30-34/h2-31H. The molecule has 0 aliphatic carbocycles. The van der Waals surface area contributed by atoms with Crippen LogP contribution in [0.5, 0.6) is 0 Å². The predicted octanol–water partition coefficient (Wildman–Crippen LogP) is 14.0. The Morgan fingerprint density at radius 1 is 0.339 bits per heavy atom. The Labute approximate surface area is 322 Å². The molecule has 0 saturated carbocycles. The second kappa shape index (κ2) is 12.7. The van der Waals surface area contributed by atoms with Gasteiger partial charge in [0.15, 0.2) is 5.69 Å². The molecule has 0 bridgehead atoms. The van der Waals surface area contributed by atoms with Crippen molar-refractivity contribution in [3.8, 4) is 44.9 Å². The molecular weight excluding hydrogens is 681 g/mol. The Morgan fingerprint density at radius 2 is 0.839 bits per heavy atom. The zero-order valence-corrected chi connectivity index (χ0v) is 30.1. The lowest BCUT2D eigenvalue weighted by Crippen LogP contribution is -1.98. The van der Waals surface area contributed by atoms with Crippen LogP contribution in [-0.4, -0.2) is 15.0 Å². The van der Waals surface area contributed by atoms with Gasteiger partial charge in [-0.1, -0.05) is 164 Å². The van der Waals surface area contributed by atoms with Gasteiger partial charge in [0.1, 0.15) is 0 Å². The van der Waals surface area contributed by atoms with E-state index in [1.54, 1.807) is 0 Å². The molecule has 258 valence electrons. The summed E-state index contributed by atoms with van der Waals surface area (Å²) >= 11 is 0. The summed E-state index contributed by atoms with van der Waals surface area (Å²) in [5, 5.41) is 9.97. The number of hydrogen-bond acceptors (Lipinski definition) is 3. The van der Waals surface area contributed by atoms with E-state index in [0.717, 1.165) is 72.1 Å². The highest BCUT2D eigenvalue weighted by atomic mass is 14.8. The van der Waals surface area contributed by atoms with E-state index in [0.29, 0.717) is 11.2 Å². The Hall–Kier alpha value is -7.74. The summed E-state index contributed by atoms with van der Waals surface area (Å²) in [4.78, 5) is 20.3. The van der Waals surface area contributed by atoms with Crippen LogP contribution in [0.3, 0.4) is 0 Å². The van der Waals surface area contributed by atoms with Crippen molar-refractivity contribution >= 4 is 70.7 Å². The summed E-state index contributed by atoms with van der Waals surface area (Å²) in [6, 6.07) is 63.0. The lowest BCUT2D eigenvalue weighted by atomic mass is 9.89. The fraction of sp³-hybridized carbons (Fsp3) is 0. The maximum absolute atomic E-state index is 8.56. The zero-order valence-electron chi connectivity index (χ0n) is 30.1. The lowest BCUT2D eigenvalue weighted by Gasteiger charge is -2.18. The van der Waals surface area contributed by atoms with Crippen LogP contribution in [0.1, 0.15) is 0 Å². The molecule has 0 radical (unpaired) electrons. The molecule has 2 heterocycles. The van der Waals surface area contributed by atoms with Gasteiger partial charge in [-0.3, -0.25) is 0 Å². The monoisotopic (exact) mass is 710 g/mol. The third-order valence-electron chi connectivity index (χ3n) is 11.0. The number of para-hydroxylation sites is 1. The maximum atomic E-state index is 8.56. The van der Waals surface area contributed by atoms with Gasteiger partial charge in [-0.2, -0.15) is 0 Å². The van der Waals surface area contributed by atoms with Crippen molar-refractivity contribution in [2.45, 2.75) is 0 Å². The number of rotatable bonds is 4. The van der Waals surface area contributed by atoms with E-state index in [2.05, 4.69) is 126 Å². The number of fused-ring (bicyclic) bond motifs is 11. The van der Waals surface area contributed by atoms with Gasteiger partial charge in [0.25, 0.3) is 0 Å². The van der Waals surface area contributed by atoms with Gasteiger partial charge in [-0.05, 0) is 61.6 Å². The van der Waals surface area contributed by atoms with Crippen LogP contribution in [0.15, 0.2) is 182 Å². The largest absolute Gasteiger partial charge is 0.248 e. The highest BCUT2D eigenvalue weighted by Gasteiger charge is 2.23. The number of aromatic nitrogens is 3. The summed E-state index contributed by atoms with van der Waals surface area (Å²) in [5.74, 6) is 0. The molecule has 0 aliphatic heterocycles. The van der Waals surface area contributed by atoms with Crippen molar-refractivity contribution in [2.24, 2.45) is 0 Å². The summed E-state index contributed by atoms with van der Waals surface area (Å²) in [6.07, 6.45) is 0. The van der Waals surface area contributed by atoms with Crippen LogP contribution in [0, 0.1) is 6.57 Å². The molecule has 0 N–H and O–H groups in total. The minimum atomic E-state index is 0.493. The number of nitrogens with zero attached hydrogens (tertiary/aromatic N) is 4. The fourth-order valence-corrected chi connectivity index (χ4v) is 8.54. The van der Waals surface area contributed by atoms with Crippen molar-refractivity contribution in [2.75, 3.05) is 0 Å². The number of hydrogen-bond donors (Lipinski definition) is 0. The molecule has 11 aromatic rings. The van der Waals surface area contributed by atoms with Crippen LogP contribution in [0.2, 0.25) is 0 Å². The Morgan fingerprint density at radius 3 is 1.48 bits per heavy atom. The molecule has 4 nitrogen and oxygen atoms in total. The first-order chi connectivity index (χ1) is 27.7. The van der Waals surface area contributed by atoms with Gasteiger partial charge >= 0.3 is 0 Å². The van der Waals surface area contributed by atoms with E-state index in [-0.39, 0.29) is 0 Å². The molecule has 2 aromatic heterocycles. The Balaban J connectivity index is 1.23. The molecular formula is C52H30N4. The third-order valence-corrected chi connectivity index (χ3v) is 11.0. The van der Waals surface area contributed by atoms with Gasteiger partial charge in [-0.15, -0.1) is 0 Å². The van der Waals surface area contributed by atoms with Gasteiger partial charge in [0.05, 0.1) is 40.2 Å². The second-order valence-corrected chi connectivity index (χ2v) is 14.2.